The van der Waals surface area contributed by atoms with Gasteiger partial charge in [0, 0.05) is 23.8 Å². The third kappa shape index (κ3) is 2.10. The van der Waals surface area contributed by atoms with Crippen LogP contribution in [0.4, 0.5) is 0 Å². The Hall–Kier alpha value is -2.19. The molecule has 1 amide bonds. The zero-order valence-corrected chi connectivity index (χ0v) is 15.0. The summed E-state index contributed by atoms with van der Waals surface area (Å²) in [5.41, 5.74) is 1.69. The van der Waals surface area contributed by atoms with E-state index in [1.807, 2.05) is 40.7 Å². The maximum absolute atomic E-state index is 12.3. The third-order valence-electron chi connectivity index (χ3n) is 5.49. The van der Waals surface area contributed by atoms with Crippen molar-refractivity contribution >= 4 is 28.0 Å². The van der Waals surface area contributed by atoms with Gasteiger partial charge in [0.15, 0.2) is 5.69 Å². The van der Waals surface area contributed by atoms with E-state index in [9.17, 15) is 19.8 Å². The number of carboxylic acid groups (broad SMARTS) is 1. The molecule has 0 unspecified atom stereocenters. The van der Waals surface area contributed by atoms with Crippen molar-refractivity contribution < 1.29 is 24.2 Å². The smallest absolute Gasteiger partial charge is 0.250 e. The highest BCUT2D eigenvalue weighted by Gasteiger charge is 2.58. The molecule has 4 rings (SSSR count). The van der Waals surface area contributed by atoms with E-state index in [2.05, 4.69) is 0 Å². The predicted octanol–water partition coefficient (Wildman–Crippen LogP) is -0.542. The van der Waals surface area contributed by atoms with E-state index >= 15 is 0 Å². The van der Waals surface area contributed by atoms with Gasteiger partial charge in [-0.1, -0.05) is 18.3 Å². The highest BCUT2D eigenvalue weighted by atomic mass is 32.1. The van der Waals surface area contributed by atoms with Crippen molar-refractivity contribution in [2.45, 2.75) is 39.5 Å². The van der Waals surface area contributed by atoms with Crippen LogP contribution >= 0.6 is 11.3 Å². The molecule has 0 radical (unpaired) electrons. The van der Waals surface area contributed by atoms with Crippen LogP contribution in [0.2, 0.25) is 0 Å². The van der Waals surface area contributed by atoms with Crippen molar-refractivity contribution in [1.29, 1.82) is 0 Å². The Labute approximate surface area is 148 Å². The first-order chi connectivity index (χ1) is 11.8. The molecular formula is C17H19N3O4S. The van der Waals surface area contributed by atoms with E-state index in [4.69, 9.17) is 0 Å². The van der Waals surface area contributed by atoms with Gasteiger partial charge >= 0.3 is 0 Å². The highest BCUT2D eigenvalue weighted by Crippen LogP contribution is 2.47. The van der Waals surface area contributed by atoms with Crippen molar-refractivity contribution in [3.05, 3.63) is 34.9 Å². The second-order valence-electron chi connectivity index (χ2n) is 6.86. The van der Waals surface area contributed by atoms with Crippen LogP contribution in [-0.4, -0.2) is 38.6 Å². The van der Waals surface area contributed by atoms with E-state index in [-0.39, 0.29) is 23.6 Å². The van der Waals surface area contributed by atoms with E-state index in [1.165, 1.54) is 4.90 Å². The number of fused-ring (bicyclic) bond motifs is 2. The number of thiazole rings is 1. The Morgan fingerprint density at radius 2 is 2.24 bits per heavy atom. The lowest BCUT2D eigenvalue weighted by atomic mass is 9.78. The van der Waals surface area contributed by atoms with Gasteiger partial charge in [0.2, 0.25) is 17.1 Å². The van der Waals surface area contributed by atoms with Crippen molar-refractivity contribution in [2.24, 2.45) is 11.8 Å². The Bertz CT molecular complexity index is 926. The molecule has 4 atom stereocenters. The number of aromatic nitrogens is 2. The molecule has 2 aliphatic heterocycles. The van der Waals surface area contributed by atoms with Gasteiger partial charge in [-0.15, -0.1) is 0 Å². The number of aliphatic hydroxyl groups is 1. The SMILES string of the molecule is Cc1c2scc[n+]2cn1CC1=C(C(=O)[O-])N2C(=O)[C@H]([C@@H](C)O)[C@H]2[C@H]1C. The summed E-state index contributed by atoms with van der Waals surface area (Å²) in [6.45, 7) is 5.87. The largest absolute Gasteiger partial charge is 0.543 e. The quantitative estimate of drug-likeness (QED) is 0.585. The molecule has 0 spiro atoms. The Balaban J connectivity index is 1.75. The number of imidazole rings is 1. The van der Waals surface area contributed by atoms with Gasteiger partial charge in [-0.3, -0.25) is 4.79 Å². The summed E-state index contributed by atoms with van der Waals surface area (Å²) in [5, 5.41) is 23.6. The number of carbonyl (C=O) groups excluding carboxylic acids is 2. The van der Waals surface area contributed by atoms with E-state index < -0.39 is 18.0 Å². The fourth-order valence-corrected chi connectivity index (χ4v) is 5.04. The number of hydrogen-bond donors (Lipinski definition) is 1. The Kier molecular flexibility index (Phi) is 3.52. The third-order valence-corrected chi connectivity index (χ3v) is 6.48. The first kappa shape index (κ1) is 16.3. The molecule has 25 heavy (non-hydrogen) atoms. The molecule has 0 saturated carbocycles. The fraction of sp³-hybridized carbons (Fsp3) is 0.471. The highest BCUT2D eigenvalue weighted by molar-refractivity contribution is 7.15. The standard InChI is InChI=1S/C17H19N3O4S/c1-8-11(6-19-7-18-4-5-25-16(18)9(19)2)14(17(23)24)20-13(8)12(10(3)21)15(20)22/h4-5,7-8,10,12-13,21H,6H2,1-3H3/t8-,10+,12+,13+/m0/s1. The lowest BCUT2D eigenvalue weighted by Gasteiger charge is -2.47. The van der Waals surface area contributed by atoms with Crippen LogP contribution in [0.15, 0.2) is 29.2 Å². The van der Waals surface area contributed by atoms with Crippen LogP contribution in [0.5, 0.6) is 0 Å². The number of β-lactam (4-membered cyclic amide) rings is 1. The molecule has 2 aliphatic rings. The summed E-state index contributed by atoms with van der Waals surface area (Å²) >= 11 is 1.62. The van der Waals surface area contributed by atoms with E-state index in [1.54, 1.807) is 18.3 Å². The second-order valence-corrected chi connectivity index (χ2v) is 7.75. The van der Waals surface area contributed by atoms with Gasteiger partial charge in [0.05, 0.1) is 29.7 Å². The second kappa shape index (κ2) is 5.40. The molecule has 7 nitrogen and oxygen atoms in total. The zero-order valence-electron chi connectivity index (χ0n) is 14.2. The lowest BCUT2D eigenvalue weighted by molar-refractivity contribution is -0.508. The summed E-state index contributed by atoms with van der Waals surface area (Å²) in [7, 11) is 0. The molecule has 4 heterocycles. The summed E-state index contributed by atoms with van der Waals surface area (Å²) in [5.74, 6) is -2.36. The average Bonchev–Trinajstić information content (AvgIpc) is 3.16. The molecule has 0 aromatic carbocycles. The maximum atomic E-state index is 12.3. The number of hydrogen-bond acceptors (Lipinski definition) is 5. The number of aliphatic carboxylic acids is 1. The summed E-state index contributed by atoms with van der Waals surface area (Å²) < 4.78 is 3.99. The normalized spacial score (nSPS) is 27.0. The molecule has 8 heteroatoms. The molecule has 1 N–H and O–H groups in total. The number of carboxylic acids is 1. The number of aliphatic hydroxyl groups excluding tert-OH is 1. The van der Waals surface area contributed by atoms with Crippen molar-refractivity contribution in [3.8, 4) is 0 Å². The summed E-state index contributed by atoms with van der Waals surface area (Å²) in [4.78, 5) is 26.5. The van der Waals surface area contributed by atoms with Crippen molar-refractivity contribution in [3.63, 3.8) is 0 Å². The van der Waals surface area contributed by atoms with E-state index in [0.717, 1.165) is 10.5 Å². The molecule has 0 aliphatic carbocycles. The maximum Gasteiger partial charge on any atom is 0.250 e. The van der Waals surface area contributed by atoms with Crippen LogP contribution in [0.3, 0.4) is 0 Å². The Morgan fingerprint density at radius 3 is 2.84 bits per heavy atom. The number of amides is 1. The van der Waals surface area contributed by atoms with Crippen LogP contribution in [0.1, 0.15) is 19.5 Å². The van der Waals surface area contributed by atoms with Crippen LogP contribution in [0, 0.1) is 18.8 Å². The minimum Gasteiger partial charge on any atom is -0.543 e. The molecule has 1 fully saturated rings. The van der Waals surface area contributed by atoms with Gasteiger partial charge < -0.3 is 19.9 Å². The molecule has 2 aromatic heterocycles. The van der Waals surface area contributed by atoms with Gasteiger partial charge in [0.25, 0.3) is 0 Å². The minimum absolute atomic E-state index is 0.0270. The molecule has 2 aromatic rings. The van der Waals surface area contributed by atoms with Crippen molar-refractivity contribution in [1.82, 2.24) is 9.47 Å². The topological polar surface area (TPSA) is 89.7 Å². The predicted molar refractivity (Wildman–Crippen MR) is 87.2 cm³/mol. The summed E-state index contributed by atoms with van der Waals surface area (Å²) in [6, 6.07) is -0.306. The monoisotopic (exact) mass is 361 g/mol. The number of aryl methyl sites for hydroxylation is 1. The minimum atomic E-state index is -1.33. The fourth-order valence-electron chi connectivity index (χ4n) is 4.20. The molecule has 132 valence electrons. The summed E-state index contributed by atoms with van der Waals surface area (Å²) in [6.07, 6.45) is 3.08. The van der Waals surface area contributed by atoms with Crippen LogP contribution in [0.25, 0.3) is 4.83 Å². The van der Waals surface area contributed by atoms with E-state index in [0.29, 0.717) is 12.1 Å². The number of nitrogens with zero attached hydrogens (tertiary/aromatic N) is 3. The molecule has 1 saturated heterocycles. The first-order valence-electron chi connectivity index (χ1n) is 8.22. The first-order valence-corrected chi connectivity index (χ1v) is 9.10. The average molecular weight is 361 g/mol. The Morgan fingerprint density at radius 1 is 1.52 bits per heavy atom. The van der Waals surface area contributed by atoms with Crippen LogP contribution < -0.4 is 9.51 Å². The van der Waals surface area contributed by atoms with Crippen LogP contribution in [-0.2, 0) is 16.1 Å². The van der Waals surface area contributed by atoms with Crippen molar-refractivity contribution in [2.75, 3.05) is 0 Å². The number of carbonyl (C=O) groups is 2. The van der Waals surface area contributed by atoms with Gasteiger partial charge in [-0.2, -0.15) is 4.40 Å². The molecular weight excluding hydrogens is 342 g/mol. The van der Waals surface area contributed by atoms with Gasteiger partial charge in [-0.05, 0) is 6.92 Å². The number of rotatable bonds is 4. The molecule has 0 bridgehead atoms. The zero-order chi connectivity index (χ0) is 18.0. The lowest BCUT2D eigenvalue weighted by Crippen LogP contribution is -2.64. The van der Waals surface area contributed by atoms with Gasteiger partial charge in [0.1, 0.15) is 12.7 Å². The van der Waals surface area contributed by atoms with Gasteiger partial charge in [-0.25, -0.2) is 4.57 Å².